The first-order chi connectivity index (χ1) is 9.18. The van der Waals surface area contributed by atoms with E-state index in [0.717, 1.165) is 30.4 Å². The maximum Gasteiger partial charge on any atom is 0.272 e. The van der Waals surface area contributed by atoms with Gasteiger partial charge in [0.05, 0.1) is 11.1 Å². The molecule has 0 bridgehead atoms. The van der Waals surface area contributed by atoms with Crippen LogP contribution in [0.15, 0.2) is 24.3 Å². The molecule has 2 N–H and O–H groups in total. The standard InChI is InChI=1S/C14H17N3O2/c1-14(7-4-8-19-14)9-15-13(18)12-10-5-2-3-6-11(10)16-17-12/h2-3,5-6H,4,7-9H2,1H3,(H,15,18)(H,16,17). The minimum atomic E-state index is -0.234. The SMILES string of the molecule is CC1(CNC(=O)c2n[nH]c3ccccc23)CCCO1. The van der Waals surface area contributed by atoms with Crippen molar-refractivity contribution >= 4 is 16.8 Å². The molecule has 5 heteroatoms. The Morgan fingerprint density at radius 3 is 3.16 bits per heavy atom. The lowest BCUT2D eigenvalue weighted by Crippen LogP contribution is -2.40. The number of ether oxygens (including phenoxy) is 1. The summed E-state index contributed by atoms with van der Waals surface area (Å²) in [6.07, 6.45) is 2.03. The Kier molecular flexibility index (Phi) is 2.98. The molecular weight excluding hydrogens is 242 g/mol. The Hall–Kier alpha value is -1.88. The maximum absolute atomic E-state index is 12.2. The third kappa shape index (κ3) is 2.33. The first-order valence-corrected chi connectivity index (χ1v) is 6.53. The van der Waals surface area contributed by atoms with Crippen molar-refractivity contribution in [3.8, 4) is 0 Å². The fraction of sp³-hybridized carbons (Fsp3) is 0.429. The Balaban J connectivity index is 1.73. The highest BCUT2D eigenvalue weighted by atomic mass is 16.5. The fourth-order valence-corrected chi connectivity index (χ4v) is 2.46. The van der Waals surface area contributed by atoms with E-state index in [9.17, 15) is 4.79 Å². The van der Waals surface area contributed by atoms with E-state index in [4.69, 9.17) is 4.74 Å². The molecule has 19 heavy (non-hydrogen) atoms. The zero-order valence-corrected chi connectivity index (χ0v) is 10.9. The van der Waals surface area contributed by atoms with E-state index in [0.29, 0.717) is 12.2 Å². The van der Waals surface area contributed by atoms with Gasteiger partial charge in [-0.1, -0.05) is 18.2 Å². The quantitative estimate of drug-likeness (QED) is 0.884. The van der Waals surface area contributed by atoms with E-state index < -0.39 is 0 Å². The number of aromatic amines is 1. The molecule has 3 rings (SSSR count). The predicted molar refractivity (Wildman–Crippen MR) is 72.0 cm³/mol. The number of carbonyl (C=O) groups is 1. The number of nitrogens with zero attached hydrogens (tertiary/aromatic N) is 1. The van der Waals surface area contributed by atoms with Crippen LogP contribution in [-0.4, -0.2) is 34.9 Å². The van der Waals surface area contributed by atoms with Gasteiger partial charge in [-0.05, 0) is 25.8 Å². The summed E-state index contributed by atoms with van der Waals surface area (Å²) >= 11 is 0. The lowest BCUT2D eigenvalue weighted by molar-refractivity contribution is 0.0205. The van der Waals surface area contributed by atoms with Crippen molar-refractivity contribution in [2.75, 3.05) is 13.2 Å². The third-order valence-electron chi connectivity index (χ3n) is 3.61. The summed E-state index contributed by atoms with van der Waals surface area (Å²) in [5, 5.41) is 10.7. The van der Waals surface area contributed by atoms with E-state index in [1.54, 1.807) is 0 Å². The monoisotopic (exact) mass is 259 g/mol. The highest BCUT2D eigenvalue weighted by Crippen LogP contribution is 2.24. The molecule has 100 valence electrons. The smallest absolute Gasteiger partial charge is 0.272 e. The van der Waals surface area contributed by atoms with E-state index in [-0.39, 0.29) is 11.5 Å². The van der Waals surface area contributed by atoms with Crippen LogP contribution in [0.25, 0.3) is 10.9 Å². The number of hydrogen-bond acceptors (Lipinski definition) is 3. The Morgan fingerprint density at radius 2 is 2.37 bits per heavy atom. The van der Waals surface area contributed by atoms with Gasteiger partial charge in [0.25, 0.3) is 5.91 Å². The Morgan fingerprint density at radius 1 is 1.53 bits per heavy atom. The van der Waals surface area contributed by atoms with Gasteiger partial charge in [-0.2, -0.15) is 5.10 Å². The number of H-pyrrole nitrogens is 1. The molecule has 0 saturated carbocycles. The molecule has 1 aliphatic rings. The van der Waals surface area contributed by atoms with Crippen molar-refractivity contribution in [1.29, 1.82) is 0 Å². The molecule has 0 aliphatic carbocycles. The third-order valence-corrected chi connectivity index (χ3v) is 3.61. The van der Waals surface area contributed by atoms with Crippen LogP contribution in [0.2, 0.25) is 0 Å². The van der Waals surface area contributed by atoms with Gasteiger partial charge in [-0.25, -0.2) is 0 Å². The minimum Gasteiger partial charge on any atom is -0.373 e. The van der Waals surface area contributed by atoms with Gasteiger partial charge in [0.1, 0.15) is 0 Å². The van der Waals surface area contributed by atoms with E-state index in [1.165, 1.54) is 0 Å². The van der Waals surface area contributed by atoms with Gasteiger partial charge in [0.2, 0.25) is 0 Å². The van der Waals surface area contributed by atoms with Crippen LogP contribution in [0.5, 0.6) is 0 Å². The molecule has 1 amide bonds. The molecule has 1 aromatic carbocycles. The average molecular weight is 259 g/mol. The predicted octanol–water partition coefficient (Wildman–Crippen LogP) is 1.86. The van der Waals surface area contributed by atoms with E-state index in [2.05, 4.69) is 15.5 Å². The van der Waals surface area contributed by atoms with Crippen molar-refractivity contribution in [3.63, 3.8) is 0 Å². The maximum atomic E-state index is 12.2. The van der Waals surface area contributed by atoms with E-state index >= 15 is 0 Å². The van der Waals surface area contributed by atoms with Crippen molar-refractivity contribution < 1.29 is 9.53 Å². The zero-order valence-electron chi connectivity index (χ0n) is 10.9. The number of benzene rings is 1. The summed E-state index contributed by atoms with van der Waals surface area (Å²) in [5.74, 6) is -0.158. The van der Waals surface area contributed by atoms with Crippen molar-refractivity contribution in [1.82, 2.24) is 15.5 Å². The molecule has 1 unspecified atom stereocenters. The van der Waals surface area contributed by atoms with Gasteiger partial charge >= 0.3 is 0 Å². The number of para-hydroxylation sites is 1. The summed E-state index contributed by atoms with van der Waals surface area (Å²) < 4.78 is 5.65. The number of amides is 1. The molecule has 1 fully saturated rings. The van der Waals surface area contributed by atoms with Crippen molar-refractivity contribution in [2.45, 2.75) is 25.4 Å². The summed E-state index contributed by atoms with van der Waals surface area (Å²) in [5.41, 5.74) is 1.08. The molecule has 1 saturated heterocycles. The van der Waals surface area contributed by atoms with Gasteiger partial charge < -0.3 is 10.1 Å². The van der Waals surface area contributed by atoms with Crippen LogP contribution < -0.4 is 5.32 Å². The second kappa shape index (κ2) is 4.66. The number of carbonyl (C=O) groups excluding carboxylic acids is 1. The van der Waals surface area contributed by atoms with Gasteiger partial charge in [-0.15, -0.1) is 0 Å². The number of rotatable bonds is 3. The molecule has 1 atom stereocenters. The first-order valence-electron chi connectivity index (χ1n) is 6.53. The van der Waals surface area contributed by atoms with E-state index in [1.807, 2.05) is 31.2 Å². The second-order valence-corrected chi connectivity index (χ2v) is 5.20. The zero-order chi connectivity index (χ0) is 13.3. The lowest BCUT2D eigenvalue weighted by Gasteiger charge is -2.23. The normalized spacial score (nSPS) is 22.8. The topological polar surface area (TPSA) is 67.0 Å². The van der Waals surface area contributed by atoms with Crippen LogP contribution in [0.4, 0.5) is 0 Å². The van der Waals surface area contributed by atoms with Crippen LogP contribution in [0, 0.1) is 0 Å². The molecule has 1 aliphatic heterocycles. The molecule has 2 heterocycles. The number of nitrogens with one attached hydrogen (secondary N) is 2. The van der Waals surface area contributed by atoms with Crippen LogP contribution in [0.1, 0.15) is 30.3 Å². The van der Waals surface area contributed by atoms with Crippen LogP contribution in [-0.2, 0) is 4.74 Å². The minimum absolute atomic E-state index is 0.158. The van der Waals surface area contributed by atoms with Crippen molar-refractivity contribution in [3.05, 3.63) is 30.0 Å². The van der Waals surface area contributed by atoms with Crippen LogP contribution in [0.3, 0.4) is 0 Å². The average Bonchev–Trinajstić information content (AvgIpc) is 3.03. The highest BCUT2D eigenvalue weighted by Gasteiger charge is 2.30. The molecule has 0 radical (unpaired) electrons. The number of hydrogen-bond donors (Lipinski definition) is 2. The molecule has 1 aromatic heterocycles. The van der Waals surface area contributed by atoms with Gasteiger partial charge in [-0.3, -0.25) is 9.89 Å². The Bertz CT molecular complexity index is 600. The molecule has 2 aromatic rings. The van der Waals surface area contributed by atoms with Crippen molar-refractivity contribution in [2.24, 2.45) is 0 Å². The summed E-state index contributed by atoms with van der Waals surface area (Å²) in [7, 11) is 0. The highest BCUT2D eigenvalue weighted by molar-refractivity contribution is 6.04. The molecule has 5 nitrogen and oxygen atoms in total. The summed E-state index contributed by atoms with van der Waals surface area (Å²) in [4.78, 5) is 12.2. The fourth-order valence-electron chi connectivity index (χ4n) is 2.46. The largest absolute Gasteiger partial charge is 0.373 e. The van der Waals surface area contributed by atoms with Crippen LogP contribution >= 0.6 is 0 Å². The molecular formula is C14H17N3O2. The Labute approximate surface area is 111 Å². The second-order valence-electron chi connectivity index (χ2n) is 5.20. The van der Waals surface area contributed by atoms with Gasteiger partial charge in [0.15, 0.2) is 5.69 Å². The summed E-state index contributed by atoms with van der Waals surface area (Å²) in [6, 6.07) is 7.60. The molecule has 0 spiro atoms. The first kappa shape index (κ1) is 12.2. The number of fused-ring (bicyclic) bond motifs is 1. The number of aromatic nitrogens is 2. The lowest BCUT2D eigenvalue weighted by atomic mass is 10.0. The summed E-state index contributed by atoms with van der Waals surface area (Å²) in [6.45, 7) is 3.33. The van der Waals surface area contributed by atoms with Gasteiger partial charge in [0, 0.05) is 18.5 Å².